The summed E-state index contributed by atoms with van der Waals surface area (Å²) in [5.74, 6) is 3.18. The van der Waals surface area contributed by atoms with Crippen molar-refractivity contribution in [1.29, 1.82) is 0 Å². The highest BCUT2D eigenvalue weighted by Crippen LogP contribution is 2.34. The van der Waals surface area contributed by atoms with E-state index in [4.69, 9.17) is 9.47 Å². The SMILES string of the molecule is COc1cc(Nc2nccc(Nc3ccccn3)n2)cc(C)c1OC. The zero-order valence-electron chi connectivity index (χ0n) is 14.3. The Hall–Kier alpha value is -3.35. The van der Waals surface area contributed by atoms with Gasteiger partial charge in [-0.3, -0.25) is 0 Å². The number of aryl methyl sites for hydroxylation is 1. The highest BCUT2D eigenvalue weighted by molar-refractivity contribution is 5.63. The van der Waals surface area contributed by atoms with Crippen molar-refractivity contribution in [2.75, 3.05) is 24.9 Å². The van der Waals surface area contributed by atoms with Crippen LogP contribution in [0.2, 0.25) is 0 Å². The summed E-state index contributed by atoms with van der Waals surface area (Å²) in [5, 5.41) is 6.31. The number of hydrogen-bond acceptors (Lipinski definition) is 7. The summed E-state index contributed by atoms with van der Waals surface area (Å²) in [6.45, 7) is 1.95. The highest BCUT2D eigenvalue weighted by Gasteiger charge is 2.10. The third-order valence-electron chi connectivity index (χ3n) is 3.50. The zero-order valence-corrected chi connectivity index (χ0v) is 14.3. The summed E-state index contributed by atoms with van der Waals surface area (Å²) in [6.07, 6.45) is 3.39. The topological polar surface area (TPSA) is 81.2 Å². The Morgan fingerprint density at radius 2 is 1.76 bits per heavy atom. The lowest BCUT2D eigenvalue weighted by Crippen LogP contribution is -2.02. The molecule has 0 aliphatic heterocycles. The molecule has 0 saturated carbocycles. The van der Waals surface area contributed by atoms with Crippen LogP contribution < -0.4 is 20.1 Å². The molecule has 128 valence electrons. The number of nitrogens with zero attached hydrogens (tertiary/aromatic N) is 3. The molecule has 0 atom stereocenters. The zero-order chi connectivity index (χ0) is 17.6. The molecule has 0 saturated heterocycles. The van der Waals surface area contributed by atoms with Crippen LogP contribution in [0.1, 0.15) is 5.56 Å². The maximum atomic E-state index is 5.37. The molecule has 0 unspecified atom stereocenters. The number of hydrogen-bond donors (Lipinski definition) is 2. The number of aromatic nitrogens is 3. The minimum absolute atomic E-state index is 0.465. The lowest BCUT2D eigenvalue weighted by atomic mass is 10.2. The summed E-state index contributed by atoms with van der Waals surface area (Å²) in [4.78, 5) is 12.9. The molecule has 2 N–H and O–H groups in total. The average molecular weight is 337 g/mol. The molecule has 0 bridgehead atoms. The van der Waals surface area contributed by atoms with E-state index < -0.39 is 0 Å². The van der Waals surface area contributed by atoms with Crippen molar-refractivity contribution in [3.8, 4) is 11.5 Å². The Kier molecular flexibility index (Phi) is 4.94. The van der Waals surface area contributed by atoms with Crippen LogP contribution in [-0.2, 0) is 0 Å². The fourth-order valence-corrected chi connectivity index (χ4v) is 2.41. The Labute approximate surface area is 146 Å². The summed E-state index contributed by atoms with van der Waals surface area (Å²) in [6, 6.07) is 11.2. The first-order chi connectivity index (χ1) is 12.2. The third kappa shape index (κ3) is 3.95. The van der Waals surface area contributed by atoms with Crippen LogP contribution >= 0.6 is 0 Å². The molecule has 7 nitrogen and oxygen atoms in total. The van der Waals surface area contributed by atoms with Crippen molar-refractivity contribution in [1.82, 2.24) is 15.0 Å². The van der Waals surface area contributed by atoms with Crippen molar-refractivity contribution >= 4 is 23.3 Å². The van der Waals surface area contributed by atoms with Crippen molar-refractivity contribution in [2.45, 2.75) is 6.92 Å². The van der Waals surface area contributed by atoms with Gasteiger partial charge in [-0.1, -0.05) is 6.07 Å². The van der Waals surface area contributed by atoms with E-state index in [2.05, 4.69) is 25.6 Å². The number of rotatable bonds is 6. The third-order valence-corrected chi connectivity index (χ3v) is 3.50. The van der Waals surface area contributed by atoms with E-state index >= 15 is 0 Å². The Morgan fingerprint density at radius 3 is 2.48 bits per heavy atom. The van der Waals surface area contributed by atoms with Crippen LogP contribution in [0.4, 0.5) is 23.3 Å². The van der Waals surface area contributed by atoms with Gasteiger partial charge in [-0.05, 0) is 36.8 Å². The molecule has 7 heteroatoms. The first-order valence-electron chi connectivity index (χ1n) is 7.70. The van der Waals surface area contributed by atoms with Crippen LogP contribution in [0.3, 0.4) is 0 Å². The molecule has 0 aliphatic carbocycles. The highest BCUT2D eigenvalue weighted by atomic mass is 16.5. The van der Waals surface area contributed by atoms with Gasteiger partial charge >= 0.3 is 0 Å². The Bertz CT molecular complexity index is 855. The number of methoxy groups -OCH3 is 2. The second kappa shape index (κ2) is 7.48. The lowest BCUT2D eigenvalue weighted by molar-refractivity contribution is 0.353. The molecule has 0 radical (unpaired) electrons. The van der Waals surface area contributed by atoms with Crippen LogP contribution in [0.25, 0.3) is 0 Å². The second-order valence-corrected chi connectivity index (χ2v) is 5.26. The van der Waals surface area contributed by atoms with E-state index in [1.807, 2.05) is 37.3 Å². The molecule has 2 heterocycles. The fraction of sp³-hybridized carbons (Fsp3) is 0.167. The normalized spacial score (nSPS) is 10.2. The first-order valence-corrected chi connectivity index (χ1v) is 7.70. The van der Waals surface area contributed by atoms with Crippen LogP contribution in [0.15, 0.2) is 48.8 Å². The average Bonchev–Trinajstić information content (AvgIpc) is 2.62. The molecular weight excluding hydrogens is 318 g/mol. The van der Waals surface area contributed by atoms with Crippen molar-refractivity contribution in [2.24, 2.45) is 0 Å². The molecule has 0 spiro atoms. The first kappa shape index (κ1) is 16.5. The van der Waals surface area contributed by atoms with Crippen LogP contribution in [0, 0.1) is 6.92 Å². The van der Waals surface area contributed by atoms with Crippen molar-refractivity contribution in [3.05, 3.63) is 54.4 Å². The predicted molar refractivity (Wildman–Crippen MR) is 97.1 cm³/mol. The van der Waals surface area contributed by atoms with E-state index in [-0.39, 0.29) is 0 Å². The fourth-order valence-electron chi connectivity index (χ4n) is 2.41. The van der Waals surface area contributed by atoms with E-state index in [1.165, 1.54) is 0 Å². The predicted octanol–water partition coefficient (Wildman–Crippen LogP) is 3.68. The van der Waals surface area contributed by atoms with Gasteiger partial charge in [0.2, 0.25) is 5.95 Å². The van der Waals surface area contributed by atoms with Gasteiger partial charge in [0.1, 0.15) is 11.6 Å². The maximum absolute atomic E-state index is 5.37. The Balaban J connectivity index is 1.82. The van der Waals surface area contributed by atoms with Crippen LogP contribution in [0.5, 0.6) is 11.5 Å². The standard InChI is InChI=1S/C18H19N5O2/c1-12-10-13(11-14(24-2)17(12)25-3)21-18-20-9-7-16(23-18)22-15-6-4-5-8-19-15/h4-11H,1-3H3,(H2,19,20,21,22,23). The molecule has 3 rings (SSSR count). The number of anilines is 4. The molecule has 2 aromatic heterocycles. The number of ether oxygens (including phenoxy) is 2. The second-order valence-electron chi connectivity index (χ2n) is 5.26. The van der Waals surface area contributed by atoms with Gasteiger partial charge in [-0.2, -0.15) is 4.98 Å². The minimum atomic E-state index is 0.465. The van der Waals surface area contributed by atoms with E-state index in [1.54, 1.807) is 32.7 Å². The monoisotopic (exact) mass is 337 g/mol. The van der Waals surface area contributed by atoms with Gasteiger partial charge < -0.3 is 20.1 Å². The van der Waals surface area contributed by atoms with Gasteiger partial charge in [0.25, 0.3) is 0 Å². The summed E-state index contributed by atoms with van der Waals surface area (Å²) in [5.41, 5.74) is 1.76. The largest absolute Gasteiger partial charge is 0.493 e. The molecule has 0 amide bonds. The summed E-state index contributed by atoms with van der Waals surface area (Å²) in [7, 11) is 3.23. The van der Waals surface area contributed by atoms with Gasteiger partial charge in [-0.25, -0.2) is 9.97 Å². The molecule has 0 aliphatic rings. The Morgan fingerprint density at radius 1 is 0.880 bits per heavy atom. The molecular formula is C18H19N5O2. The van der Waals surface area contributed by atoms with E-state index in [0.717, 1.165) is 11.3 Å². The van der Waals surface area contributed by atoms with E-state index in [9.17, 15) is 0 Å². The number of pyridine rings is 1. The van der Waals surface area contributed by atoms with Gasteiger partial charge in [0.15, 0.2) is 11.5 Å². The van der Waals surface area contributed by atoms with E-state index in [0.29, 0.717) is 29.1 Å². The molecule has 0 fully saturated rings. The van der Waals surface area contributed by atoms with Crippen molar-refractivity contribution in [3.63, 3.8) is 0 Å². The maximum Gasteiger partial charge on any atom is 0.229 e. The lowest BCUT2D eigenvalue weighted by Gasteiger charge is -2.13. The smallest absolute Gasteiger partial charge is 0.229 e. The molecule has 25 heavy (non-hydrogen) atoms. The van der Waals surface area contributed by atoms with Gasteiger partial charge in [-0.15, -0.1) is 0 Å². The van der Waals surface area contributed by atoms with Crippen molar-refractivity contribution < 1.29 is 9.47 Å². The minimum Gasteiger partial charge on any atom is -0.493 e. The summed E-state index contributed by atoms with van der Waals surface area (Å²) < 4.78 is 10.7. The van der Waals surface area contributed by atoms with Gasteiger partial charge in [0.05, 0.1) is 14.2 Å². The van der Waals surface area contributed by atoms with Crippen LogP contribution in [-0.4, -0.2) is 29.2 Å². The molecule has 3 aromatic rings. The van der Waals surface area contributed by atoms with Gasteiger partial charge in [0, 0.05) is 24.1 Å². The number of nitrogens with one attached hydrogen (secondary N) is 2. The summed E-state index contributed by atoms with van der Waals surface area (Å²) >= 11 is 0. The molecule has 1 aromatic carbocycles. The number of benzene rings is 1. The quantitative estimate of drug-likeness (QED) is 0.710.